The second-order valence-corrected chi connectivity index (χ2v) is 8.06. The van der Waals surface area contributed by atoms with E-state index in [0.717, 1.165) is 50.7 Å². The van der Waals surface area contributed by atoms with Gasteiger partial charge in [0, 0.05) is 23.5 Å². The minimum absolute atomic E-state index is 0.124. The summed E-state index contributed by atoms with van der Waals surface area (Å²) in [6, 6.07) is 8.70. The number of H-pyrrole nitrogens is 1. The first-order valence-corrected chi connectivity index (χ1v) is 9.80. The van der Waals surface area contributed by atoms with Crippen LogP contribution in [0.25, 0.3) is 10.9 Å². The molecule has 1 heterocycles. The normalized spacial score (nSPS) is 23.7. The summed E-state index contributed by atoms with van der Waals surface area (Å²) in [5, 5.41) is 16.5. The summed E-state index contributed by atoms with van der Waals surface area (Å²) in [6.45, 7) is 1.57. The number of fused-ring (bicyclic) bond motifs is 1. The van der Waals surface area contributed by atoms with Gasteiger partial charge in [0.25, 0.3) is 5.91 Å². The first-order chi connectivity index (χ1) is 13.1. The summed E-state index contributed by atoms with van der Waals surface area (Å²) in [6.07, 6.45) is 6.31. The standard InChI is InChI=1S/C21H25FN4O/c22-16-5-6-18-15(9-16)10-19(25-18)20(27)26-17-4-2-1-3-14(17)11-24-13-21(12-23)7-8-21/h5-6,9-10,14,17,24-25H,1-4,7-8,11,13H2,(H,26,27)/t14-,17+/m1/s1. The molecule has 0 aliphatic heterocycles. The fourth-order valence-corrected chi connectivity index (χ4v) is 4.09. The summed E-state index contributed by atoms with van der Waals surface area (Å²) in [5.74, 6) is -0.0732. The summed E-state index contributed by atoms with van der Waals surface area (Å²) >= 11 is 0. The van der Waals surface area contributed by atoms with Crippen molar-refractivity contribution in [1.29, 1.82) is 5.26 Å². The van der Waals surface area contributed by atoms with Gasteiger partial charge in [-0.05, 0) is 62.4 Å². The molecule has 142 valence electrons. The highest BCUT2D eigenvalue weighted by Crippen LogP contribution is 2.44. The Balaban J connectivity index is 1.37. The van der Waals surface area contributed by atoms with Crippen LogP contribution in [-0.4, -0.2) is 30.0 Å². The molecule has 2 atom stereocenters. The monoisotopic (exact) mass is 368 g/mol. The number of nitrogens with one attached hydrogen (secondary N) is 3. The summed E-state index contributed by atoms with van der Waals surface area (Å²) in [4.78, 5) is 15.8. The van der Waals surface area contributed by atoms with Gasteiger partial charge in [-0.15, -0.1) is 0 Å². The Morgan fingerprint density at radius 2 is 2.11 bits per heavy atom. The third-order valence-electron chi connectivity index (χ3n) is 6.01. The van der Waals surface area contributed by atoms with Crippen molar-refractivity contribution in [3.8, 4) is 6.07 Å². The van der Waals surface area contributed by atoms with Crippen LogP contribution in [-0.2, 0) is 0 Å². The lowest BCUT2D eigenvalue weighted by Gasteiger charge is -2.32. The zero-order valence-corrected chi connectivity index (χ0v) is 15.4. The van der Waals surface area contributed by atoms with Crippen LogP contribution in [0.4, 0.5) is 4.39 Å². The Bertz CT molecular complexity index is 880. The number of carbonyl (C=O) groups is 1. The van der Waals surface area contributed by atoms with E-state index in [0.29, 0.717) is 17.0 Å². The van der Waals surface area contributed by atoms with Crippen LogP contribution >= 0.6 is 0 Å². The Morgan fingerprint density at radius 3 is 2.89 bits per heavy atom. The van der Waals surface area contributed by atoms with Crippen LogP contribution in [0.1, 0.15) is 49.0 Å². The van der Waals surface area contributed by atoms with Crippen molar-refractivity contribution in [2.45, 2.75) is 44.6 Å². The minimum Gasteiger partial charge on any atom is -0.351 e. The van der Waals surface area contributed by atoms with E-state index in [1.54, 1.807) is 12.1 Å². The third-order valence-corrected chi connectivity index (χ3v) is 6.01. The number of aromatic amines is 1. The number of benzene rings is 1. The van der Waals surface area contributed by atoms with Gasteiger partial charge in [-0.1, -0.05) is 12.8 Å². The highest BCUT2D eigenvalue weighted by atomic mass is 19.1. The number of carbonyl (C=O) groups excluding carboxylic acids is 1. The molecule has 0 unspecified atom stereocenters. The summed E-state index contributed by atoms with van der Waals surface area (Å²) in [7, 11) is 0. The highest BCUT2D eigenvalue weighted by Gasteiger charge is 2.42. The molecular formula is C21H25FN4O. The maximum absolute atomic E-state index is 13.4. The van der Waals surface area contributed by atoms with Crippen LogP contribution < -0.4 is 10.6 Å². The first kappa shape index (κ1) is 18.0. The van der Waals surface area contributed by atoms with Crippen molar-refractivity contribution < 1.29 is 9.18 Å². The van der Waals surface area contributed by atoms with Gasteiger partial charge in [0.1, 0.15) is 11.5 Å². The van der Waals surface area contributed by atoms with Crippen molar-refractivity contribution in [2.75, 3.05) is 13.1 Å². The molecule has 6 heteroatoms. The van der Waals surface area contributed by atoms with Crippen LogP contribution in [0.5, 0.6) is 0 Å². The Kier molecular flexibility index (Phi) is 4.88. The molecule has 2 aliphatic rings. The fraction of sp³-hybridized carbons (Fsp3) is 0.524. The lowest BCUT2D eigenvalue weighted by Crippen LogP contribution is -2.46. The van der Waals surface area contributed by atoms with Crippen LogP contribution in [0.15, 0.2) is 24.3 Å². The van der Waals surface area contributed by atoms with Gasteiger partial charge in [-0.2, -0.15) is 5.26 Å². The molecule has 2 aliphatic carbocycles. The van der Waals surface area contributed by atoms with Crippen LogP contribution in [0, 0.1) is 28.5 Å². The van der Waals surface area contributed by atoms with Crippen molar-refractivity contribution in [2.24, 2.45) is 11.3 Å². The van der Waals surface area contributed by atoms with Crippen molar-refractivity contribution in [3.05, 3.63) is 35.8 Å². The smallest absolute Gasteiger partial charge is 0.267 e. The Labute approximate surface area is 158 Å². The number of hydrogen-bond acceptors (Lipinski definition) is 3. The predicted octanol–water partition coefficient (Wildman–Crippen LogP) is 3.49. The predicted molar refractivity (Wildman–Crippen MR) is 102 cm³/mol. The molecule has 1 amide bonds. The lowest BCUT2D eigenvalue weighted by atomic mass is 9.84. The van der Waals surface area contributed by atoms with Gasteiger partial charge in [0.05, 0.1) is 11.5 Å². The first-order valence-electron chi connectivity index (χ1n) is 9.80. The summed E-state index contributed by atoms with van der Waals surface area (Å²) in [5.41, 5.74) is 1.08. The molecule has 0 bridgehead atoms. The van der Waals surface area contributed by atoms with Gasteiger partial charge in [0.15, 0.2) is 0 Å². The second-order valence-electron chi connectivity index (χ2n) is 8.06. The van der Waals surface area contributed by atoms with E-state index >= 15 is 0 Å². The lowest BCUT2D eigenvalue weighted by molar-refractivity contribution is 0.0901. The second kappa shape index (κ2) is 7.32. The molecular weight excluding hydrogens is 343 g/mol. The highest BCUT2D eigenvalue weighted by molar-refractivity contribution is 5.98. The molecule has 2 aromatic rings. The number of amides is 1. The number of rotatable bonds is 6. The van der Waals surface area contributed by atoms with E-state index in [1.807, 2.05) is 0 Å². The molecule has 2 saturated carbocycles. The molecule has 0 saturated heterocycles. The van der Waals surface area contributed by atoms with E-state index in [2.05, 4.69) is 21.7 Å². The van der Waals surface area contributed by atoms with Crippen LogP contribution in [0.3, 0.4) is 0 Å². The van der Waals surface area contributed by atoms with E-state index < -0.39 is 0 Å². The average molecular weight is 368 g/mol. The minimum atomic E-state index is -0.308. The van der Waals surface area contributed by atoms with Crippen molar-refractivity contribution in [1.82, 2.24) is 15.6 Å². The molecule has 1 aromatic carbocycles. The number of hydrogen-bond donors (Lipinski definition) is 3. The van der Waals surface area contributed by atoms with E-state index in [1.165, 1.54) is 18.6 Å². The van der Waals surface area contributed by atoms with Crippen molar-refractivity contribution >= 4 is 16.8 Å². The van der Waals surface area contributed by atoms with Crippen molar-refractivity contribution in [3.63, 3.8) is 0 Å². The molecule has 0 spiro atoms. The van der Waals surface area contributed by atoms with Gasteiger partial charge >= 0.3 is 0 Å². The molecule has 3 N–H and O–H groups in total. The Hall–Kier alpha value is -2.39. The molecule has 27 heavy (non-hydrogen) atoms. The van der Waals surface area contributed by atoms with Gasteiger partial charge in [-0.25, -0.2) is 4.39 Å². The van der Waals surface area contributed by atoms with E-state index in [-0.39, 0.29) is 23.2 Å². The SMILES string of the molecule is N#CC1(CNC[C@H]2CCCC[C@@H]2NC(=O)c2cc3cc(F)ccc3[nH]2)CC1. The maximum atomic E-state index is 13.4. The third kappa shape index (κ3) is 3.98. The molecule has 4 rings (SSSR count). The zero-order chi connectivity index (χ0) is 18.9. The van der Waals surface area contributed by atoms with E-state index in [9.17, 15) is 14.4 Å². The number of halogens is 1. The number of nitrogens with zero attached hydrogens (tertiary/aromatic N) is 1. The van der Waals surface area contributed by atoms with Gasteiger partial charge in [-0.3, -0.25) is 4.79 Å². The zero-order valence-electron chi connectivity index (χ0n) is 15.4. The van der Waals surface area contributed by atoms with Crippen LogP contribution in [0.2, 0.25) is 0 Å². The largest absolute Gasteiger partial charge is 0.351 e. The van der Waals surface area contributed by atoms with E-state index in [4.69, 9.17) is 0 Å². The number of nitriles is 1. The molecule has 1 aromatic heterocycles. The fourth-order valence-electron chi connectivity index (χ4n) is 4.09. The quantitative estimate of drug-likeness (QED) is 0.730. The number of aromatic nitrogens is 1. The molecule has 5 nitrogen and oxygen atoms in total. The Morgan fingerprint density at radius 1 is 1.30 bits per heavy atom. The average Bonchev–Trinajstić information content (AvgIpc) is 3.32. The molecule has 0 radical (unpaired) electrons. The summed E-state index contributed by atoms with van der Waals surface area (Å²) < 4.78 is 13.4. The van der Waals surface area contributed by atoms with Gasteiger partial charge in [0.2, 0.25) is 0 Å². The topological polar surface area (TPSA) is 80.7 Å². The maximum Gasteiger partial charge on any atom is 0.267 e. The molecule has 2 fully saturated rings. The van der Waals surface area contributed by atoms with Gasteiger partial charge < -0.3 is 15.6 Å².